The number of rotatable bonds is 2. The van der Waals surface area contributed by atoms with Crippen LogP contribution in [0.15, 0.2) is 0 Å². The van der Waals surface area contributed by atoms with Gasteiger partial charge in [-0.15, -0.1) is 0 Å². The number of hydrogen-bond acceptors (Lipinski definition) is 2. The quantitative estimate of drug-likeness (QED) is 0.792. The molecule has 2 heterocycles. The van der Waals surface area contributed by atoms with E-state index in [1.165, 1.54) is 64.8 Å². The number of piperidine rings is 1. The van der Waals surface area contributed by atoms with E-state index >= 15 is 0 Å². The molecule has 98 valence electrons. The van der Waals surface area contributed by atoms with Gasteiger partial charge in [0.05, 0.1) is 0 Å². The van der Waals surface area contributed by atoms with Crippen molar-refractivity contribution in [1.82, 2.24) is 10.2 Å². The normalized spacial score (nSPS) is 43.6. The van der Waals surface area contributed by atoms with Crippen LogP contribution in [0.5, 0.6) is 0 Å². The zero-order valence-electron chi connectivity index (χ0n) is 11.3. The fourth-order valence-corrected chi connectivity index (χ4v) is 4.37. The lowest BCUT2D eigenvalue weighted by Crippen LogP contribution is -2.42. The highest BCUT2D eigenvalue weighted by atomic mass is 15.1. The molecule has 0 amide bonds. The molecule has 4 unspecified atom stereocenters. The Labute approximate surface area is 106 Å². The Morgan fingerprint density at radius 2 is 2.00 bits per heavy atom. The second kappa shape index (κ2) is 5.27. The number of likely N-dealkylation sites (tertiary alicyclic amines) is 1. The van der Waals surface area contributed by atoms with Crippen LogP contribution in [-0.4, -0.2) is 37.6 Å². The second-order valence-corrected chi connectivity index (χ2v) is 6.86. The summed E-state index contributed by atoms with van der Waals surface area (Å²) in [6, 6.07) is 0. The molecule has 1 aliphatic carbocycles. The van der Waals surface area contributed by atoms with Crippen LogP contribution in [-0.2, 0) is 0 Å². The summed E-state index contributed by atoms with van der Waals surface area (Å²) < 4.78 is 0. The molecule has 3 aliphatic rings. The summed E-state index contributed by atoms with van der Waals surface area (Å²) in [5.74, 6) is 3.95. The number of hydrogen-bond donors (Lipinski definition) is 1. The van der Waals surface area contributed by atoms with Crippen LogP contribution in [0.4, 0.5) is 0 Å². The Hall–Kier alpha value is -0.0800. The zero-order chi connectivity index (χ0) is 11.7. The Morgan fingerprint density at radius 3 is 2.88 bits per heavy atom. The van der Waals surface area contributed by atoms with Gasteiger partial charge in [-0.25, -0.2) is 0 Å². The highest BCUT2D eigenvalue weighted by Gasteiger charge is 2.33. The second-order valence-electron chi connectivity index (χ2n) is 6.86. The van der Waals surface area contributed by atoms with Crippen molar-refractivity contribution in [3.8, 4) is 0 Å². The summed E-state index contributed by atoms with van der Waals surface area (Å²) in [4.78, 5) is 2.77. The van der Waals surface area contributed by atoms with Gasteiger partial charge in [0.2, 0.25) is 0 Å². The van der Waals surface area contributed by atoms with Gasteiger partial charge in [0.25, 0.3) is 0 Å². The van der Waals surface area contributed by atoms with E-state index in [-0.39, 0.29) is 0 Å². The van der Waals surface area contributed by atoms with E-state index < -0.39 is 0 Å². The lowest BCUT2D eigenvalue weighted by molar-refractivity contribution is 0.111. The topological polar surface area (TPSA) is 15.3 Å². The smallest absolute Gasteiger partial charge is 0.00251 e. The first-order chi connectivity index (χ1) is 8.31. The zero-order valence-corrected chi connectivity index (χ0v) is 11.3. The highest BCUT2D eigenvalue weighted by Crippen LogP contribution is 2.32. The SMILES string of the molecule is CC1CCCC(CN2CCC3CNCC3C2)C1. The van der Waals surface area contributed by atoms with Crippen LogP contribution in [0.3, 0.4) is 0 Å². The van der Waals surface area contributed by atoms with E-state index in [0.29, 0.717) is 0 Å². The molecule has 4 atom stereocenters. The molecule has 0 spiro atoms. The summed E-state index contributed by atoms with van der Waals surface area (Å²) in [6.45, 7) is 9.16. The fourth-order valence-electron chi connectivity index (χ4n) is 4.37. The first-order valence-electron chi connectivity index (χ1n) is 7.74. The molecule has 0 radical (unpaired) electrons. The summed E-state index contributed by atoms with van der Waals surface area (Å²) in [6.07, 6.45) is 7.38. The van der Waals surface area contributed by atoms with Crippen LogP contribution in [0, 0.1) is 23.7 Å². The van der Waals surface area contributed by atoms with Gasteiger partial charge in [0.1, 0.15) is 0 Å². The lowest BCUT2D eigenvalue weighted by Gasteiger charge is -2.38. The molecule has 0 bridgehead atoms. The van der Waals surface area contributed by atoms with E-state index in [9.17, 15) is 0 Å². The third-order valence-electron chi connectivity index (χ3n) is 5.35. The Balaban J connectivity index is 1.48. The van der Waals surface area contributed by atoms with Gasteiger partial charge in [-0.3, -0.25) is 0 Å². The molecule has 3 rings (SSSR count). The molecule has 2 nitrogen and oxygen atoms in total. The van der Waals surface area contributed by atoms with Crippen molar-refractivity contribution < 1.29 is 0 Å². The van der Waals surface area contributed by atoms with Crippen LogP contribution >= 0.6 is 0 Å². The van der Waals surface area contributed by atoms with Gasteiger partial charge >= 0.3 is 0 Å². The van der Waals surface area contributed by atoms with Crippen LogP contribution in [0.2, 0.25) is 0 Å². The maximum Gasteiger partial charge on any atom is 0.00251 e. The monoisotopic (exact) mass is 236 g/mol. The number of nitrogens with one attached hydrogen (secondary N) is 1. The van der Waals surface area contributed by atoms with Crippen LogP contribution in [0.1, 0.15) is 39.0 Å². The summed E-state index contributed by atoms with van der Waals surface area (Å²) in [5, 5.41) is 3.57. The molecule has 2 heteroatoms. The van der Waals surface area contributed by atoms with Crippen molar-refractivity contribution in [3.63, 3.8) is 0 Å². The largest absolute Gasteiger partial charge is 0.316 e. The van der Waals surface area contributed by atoms with E-state index in [1.54, 1.807) is 0 Å². The van der Waals surface area contributed by atoms with Crippen molar-refractivity contribution in [1.29, 1.82) is 0 Å². The van der Waals surface area contributed by atoms with Gasteiger partial charge in [-0.2, -0.15) is 0 Å². The summed E-state index contributed by atoms with van der Waals surface area (Å²) >= 11 is 0. The van der Waals surface area contributed by atoms with Gasteiger partial charge in [0, 0.05) is 13.1 Å². The fraction of sp³-hybridized carbons (Fsp3) is 1.00. The Morgan fingerprint density at radius 1 is 1.12 bits per heavy atom. The first kappa shape index (κ1) is 12.0. The summed E-state index contributed by atoms with van der Waals surface area (Å²) in [7, 11) is 0. The van der Waals surface area contributed by atoms with Gasteiger partial charge < -0.3 is 10.2 Å². The highest BCUT2D eigenvalue weighted by molar-refractivity contribution is 4.88. The lowest BCUT2D eigenvalue weighted by atomic mass is 9.81. The number of fused-ring (bicyclic) bond motifs is 1. The standard InChI is InChI=1S/C15H28N2/c1-12-3-2-4-13(7-12)10-17-6-5-14-8-16-9-15(14)11-17/h12-16H,2-11H2,1H3. The molecular formula is C15H28N2. The molecule has 3 fully saturated rings. The third kappa shape index (κ3) is 2.85. The van der Waals surface area contributed by atoms with Gasteiger partial charge in [-0.1, -0.05) is 19.8 Å². The van der Waals surface area contributed by atoms with E-state index in [4.69, 9.17) is 0 Å². The maximum absolute atomic E-state index is 3.57. The Bertz CT molecular complexity index is 253. The molecule has 0 aromatic rings. The van der Waals surface area contributed by atoms with Crippen molar-refractivity contribution in [3.05, 3.63) is 0 Å². The van der Waals surface area contributed by atoms with Gasteiger partial charge in [0.15, 0.2) is 0 Å². The molecular weight excluding hydrogens is 208 g/mol. The third-order valence-corrected chi connectivity index (χ3v) is 5.35. The van der Waals surface area contributed by atoms with Crippen LogP contribution in [0.25, 0.3) is 0 Å². The minimum atomic E-state index is 0.963. The van der Waals surface area contributed by atoms with Crippen molar-refractivity contribution in [2.45, 2.75) is 39.0 Å². The molecule has 17 heavy (non-hydrogen) atoms. The molecule has 1 N–H and O–H groups in total. The molecule has 0 aromatic heterocycles. The van der Waals surface area contributed by atoms with Crippen LogP contribution < -0.4 is 5.32 Å². The van der Waals surface area contributed by atoms with Crippen molar-refractivity contribution in [2.24, 2.45) is 23.7 Å². The van der Waals surface area contributed by atoms with Crippen molar-refractivity contribution >= 4 is 0 Å². The molecule has 0 aromatic carbocycles. The molecule has 1 saturated carbocycles. The predicted molar refractivity (Wildman–Crippen MR) is 72.0 cm³/mol. The average molecular weight is 236 g/mol. The van der Waals surface area contributed by atoms with Crippen molar-refractivity contribution in [2.75, 3.05) is 32.7 Å². The minimum Gasteiger partial charge on any atom is -0.316 e. The van der Waals surface area contributed by atoms with E-state index in [1.807, 2.05) is 0 Å². The minimum absolute atomic E-state index is 0.963. The number of nitrogens with zero attached hydrogens (tertiary/aromatic N) is 1. The average Bonchev–Trinajstić information content (AvgIpc) is 2.76. The van der Waals surface area contributed by atoms with E-state index in [2.05, 4.69) is 17.1 Å². The first-order valence-corrected chi connectivity index (χ1v) is 7.74. The Kier molecular flexibility index (Phi) is 3.72. The maximum atomic E-state index is 3.57. The summed E-state index contributed by atoms with van der Waals surface area (Å²) in [5.41, 5.74) is 0. The van der Waals surface area contributed by atoms with E-state index in [0.717, 1.165) is 23.7 Å². The van der Waals surface area contributed by atoms with Gasteiger partial charge in [-0.05, 0) is 62.6 Å². The molecule has 2 aliphatic heterocycles. The predicted octanol–water partition coefficient (Wildman–Crippen LogP) is 2.35. The molecule has 2 saturated heterocycles.